The predicted molar refractivity (Wildman–Crippen MR) is 123 cm³/mol. The average Bonchev–Trinajstić information content (AvgIpc) is 3.22. The maximum Gasteiger partial charge on any atom is 0.404 e. The van der Waals surface area contributed by atoms with Crippen LogP contribution in [0.15, 0.2) is 30.3 Å². The molecule has 4 rings (SSSR count). The quantitative estimate of drug-likeness (QED) is 0.320. The van der Waals surface area contributed by atoms with Gasteiger partial charge in [-0.2, -0.15) is 0 Å². The lowest BCUT2D eigenvalue weighted by molar-refractivity contribution is -0.148. The standard InChI is InChI=1S/C24H34N4O6/c29-21-14-16(13-20(21)25-24(32)33)15-6-7-18(19(12-15)22(30)26-34)23(31)28-10-8-27(9-11-28)17-4-2-1-3-5-17/h1-5,15-16,18-21,25,29,34H,6-14H2,(H,26,30)(H,32,33)/t15-,16?,18+,19+,20-,21-/m1/s1. The van der Waals surface area contributed by atoms with Crippen molar-refractivity contribution in [3.63, 3.8) is 0 Å². The first-order valence-corrected chi connectivity index (χ1v) is 12.1. The van der Waals surface area contributed by atoms with Crippen molar-refractivity contribution < 1.29 is 29.8 Å². The Morgan fingerprint density at radius 2 is 1.59 bits per heavy atom. The third-order valence-corrected chi connectivity index (χ3v) is 7.91. The van der Waals surface area contributed by atoms with Gasteiger partial charge in [0.2, 0.25) is 11.8 Å². The zero-order valence-corrected chi connectivity index (χ0v) is 19.2. The molecule has 5 N–H and O–H groups in total. The van der Waals surface area contributed by atoms with Crippen LogP contribution in [-0.2, 0) is 9.59 Å². The number of hydrogen-bond donors (Lipinski definition) is 5. The summed E-state index contributed by atoms with van der Waals surface area (Å²) < 4.78 is 0. The van der Waals surface area contributed by atoms with E-state index in [2.05, 4.69) is 22.3 Å². The molecule has 6 atom stereocenters. The third kappa shape index (κ3) is 5.28. The molecule has 1 heterocycles. The van der Waals surface area contributed by atoms with E-state index in [4.69, 9.17) is 5.11 Å². The summed E-state index contributed by atoms with van der Waals surface area (Å²) in [5.41, 5.74) is 2.88. The molecule has 3 amide bonds. The molecule has 0 spiro atoms. The number of nitrogens with one attached hydrogen (secondary N) is 2. The summed E-state index contributed by atoms with van der Waals surface area (Å²) in [6.07, 6.45) is 0.741. The molecule has 0 radical (unpaired) electrons. The van der Waals surface area contributed by atoms with Crippen LogP contribution in [0.5, 0.6) is 0 Å². The van der Waals surface area contributed by atoms with Crippen molar-refractivity contribution in [3.8, 4) is 0 Å². The summed E-state index contributed by atoms with van der Waals surface area (Å²) in [6, 6.07) is 9.54. The minimum absolute atomic E-state index is 0.0448. The lowest BCUT2D eigenvalue weighted by atomic mass is 9.68. The van der Waals surface area contributed by atoms with Crippen molar-refractivity contribution in [2.75, 3.05) is 31.1 Å². The number of rotatable bonds is 5. The lowest BCUT2D eigenvalue weighted by Gasteiger charge is -2.41. The number of para-hydroxylation sites is 1. The summed E-state index contributed by atoms with van der Waals surface area (Å²) in [7, 11) is 0. The maximum absolute atomic E-state index is 13.4. The molecular formula is C24H34N4O6. The van der Waals surface area contributed by atoms with Crippen molar-refractivity contribution >= 4 is 23.6 Å². The molecular weight excluding hydrogens is 440 g/mol. The van der Waals surface area contributed by atoms with Crippen LogP contribution in [0.25, 0.3) is 0 Å². The highest BCUT2D eigenvalue weighted by molar-refractivity contribution is 5.87. The van der Waals surface area contributed by atoms with E-state index in [9.17, 15) is 24.7 Å². The molecule has 186 valence electrons. The summed E-state index contributed by atoms with van der Waals surface area (Å²) in [5.74, 6) is -1.60. The van der Waals surface area contributed by atoms with E-state index in [1.807, 2.05) is 23.1 Å². The molecule has 1 aromatic carbocycles. The van der Waals surface area contributed by atoms with Crippen LogP contribution in [0.4, 0.5) is 10.5 Å². The molecule has 1 unspecified atom stereocenters. The monoisotopic (exact) mass is 474 g/mol. The molecule has 3 aliphatic rings. The van der Waals surface area contributed by atoms with E-state index in [1.54, 1.807) is 5.48 Å². The SMILES string of the molecule is O=C(O)N[C@@H]1CC([C@@H]2CC[C@H](C(=O)N3CCN(c4ccccc4)CC3)[C@@H](C(=O)NO)C2)C[C@H]1O. The first-order valence-electron chi connectivity index (χ1n) is 12.1. The summed E-state index contributed by atoms with van der Waals surface area (Å²) in [6.45, 7) is 2.61. The van der Waals surface area contributed by atoms with Crippen LogP contribution < -0.4 is 15.7 Å². The molecule has 1 aliphatic heterocycles. The fourth-order valence-electron chi connectivity index (χ4n) is 6.11. The molecule has 10 nitrogen and oxygen atoms in total. The van der Waals surface area contributed by atoms with Crippen LogP contribution in [0.2, 0.25) is 0 Å². The topological polar surface area (TPSA) is 142 Å². The maximum atomic E-state index is 13.4. The lowest BCUT2D eigenvalue weighted by Crippen LogP contribution is -2.53. The number of amides is 3. The number of aliphatic hydroxyl groups excluding tert-OH is 1. The van der Waals surface area contributed by atoms with Gasteiger partial charge < -0.3 is 25.3 Å². The third-order valence-electron chi connectivity index (χ3n) is 7.91. The number of carbonyl (C=O) groups excluding carboxylic acids is 2. The number of aliphatic hydroxyl groups is 1. The van der Waals surface area contributed by atoms with Gasteiger partial charge in [-0.3, -0.25) is 14.8 Å². The van der Waals surface area contributed by atoms with Gasteiger partial charge in [-0.05, 0) is 56.1 Å². The smallest absolute Gasteiger partial charge is 0.404 e. The largest absolute Gasteiger partial charge is 0.465 e. The van der Waals surface area contributed by atoms with E-state index in [0.29, 0.717) is 38.8 Å². The van der Waals surface area contributed by atoms with Gasteiger partial charge >= 0.3 is 6.09 Å². The van der Waals surface area contributed by atoms with Crippen molar-refractivity contribution in [1.29, 1.82) is 0 Å². The summed E-state index contributed by atoms with van der Waals surface area (Å²) in [5, 5.41) is 31.0. The van der Waals surface area contributed by atoms with Crippen LogP contribution in [0.3, 0.4) is 0 Å². The molecule has 2 aliphatic carbocycles. The number of carbonyl (C=O) groups is 3. The van der Waals surface area contributed by atoms with Gasteiger partial charge in [-0.1, -0.05) is 18.2 Å². The van der Waals surface area contributed by atoms with E-state index in [-0.39, 0.29) is 17.7 Å². The van der Waals surface area contributed by atoms with Gasteiger partial charge in [0, 0.05) is 37.8 Å². The second-order valence-electron chi connectivity index (χ2n) is 9.76. The Morgan fingerprint density at radius 1 is 0.882 bits per heavy atom. The Kier molecular flexibility index (Phi) is 7.57. The highest BCUT2D eigenvalue weighted by Crippen LogP contribution is 2.44. The normalized spacial score (nSPS) is 31.7. The van der Waals surface area contributed by atoms with Crippen LogP contribution in [0, 0.1) is 23.7 Å². The van der Waals surface area contributed by atoms with Crippen molar-refractivity contribution in [2.45, 2.75) is 44.2 Å². The number of hydroxylamine groups is 1. The Hall–Kier alpha value is -2.85. The van der Waals surface area contributed by atoms with E-state index in [0.717, 1.165) is 25.2 Å². The molecule has 2 saturated carbocycles. The molecule has 3 fully saturated rings. The minimum atomic E-state index is -1.16. The fourth-order valence-corrected chi connectivity index (χ4v) is 6.11. The Bertz CT molecular complexity index is 875. The summed E-state index contributed by atoms with van der Waals surface area (Å²) in [4.78, 5) is 41.0. The van der Waals surface area contributed by atoms with Crippen molar-refractivity contribution in [3.05, 3.63) is 30.3 Å². The molecule has 34 heavy (non-hydrogen) atoms. The Morgan fingerprint density at radius 3 is 2.24 bits per heavy atom. The molecule has 1 aromatic rings. The van der Waals surface area contributed by atoms with Gasteiger partial charge in [-0.25, -0.2) is 10.3 Å². The first-order chi connectivity index (χ1) is 16.4. The number of hydrogen-bond acceptors (Lipinski definition) is 6. The van der Waals surface area contributed by atoms with Crippen molar-refractivity contribution in [1.82, 2.24) is 15.7 Å². The Balaban J connectivity index is 1.37. The number of anilines is 1. The number of benzene rings is 1. The van der Waals surface area contributed by atoms with Gasteiger partial charge in [0.05, 0.1) is 18.1 Å². The molecule has 1 saturated heterocycles. The molecule has 0 aromatic heterocycles. The fraction of sp³-hybridized carbons (Fsp3) is 0.625. The Labute approximate surface area is 198 Å². The summed E-state index contributed by atoms with van der Waals surface area (Å²) >= 11 is 0. The molecule has 10 heteroatoms. The highest BCUT2D eigenvalue weighted by Gasteiger charge is 2.46. The van der Waals surface area contributed by atoms with E-state index in [1.165, 1.54) is 0 Å². The van der Waals surface area contributed by atoms with E-state index < -0.39 is 36.0 Å². The number of carboxylic acid groups (broad SMARTS) is 1. The van der Waals surface area contributed by atoms with Gasteiger partial charge in [0.25, 0.3) is 0 Å². The van der Waals surface area contributed by atoms with Crippen molar-refractivity contribution in [2.24, 2.45) is 23.7 Å². The molecule has 0 bridgehead atoms. The zero-order valence-electron chi connectivity index (χ0n) is 19.2. The number of nitrogens with zero attached hydrogens (tertiary/aromatic N) is 2. The van der Waals surface area contributed by atoms with Gasteiger partial charge in [0.15, 0.2) is 0 Å². The highest BCUT2D eigenvalue weighted by atomic mass is 16.5. The zero-order chi connectivity index (χ0) is 24.2. The van der Waals surface area contributed by atoms with Gasteiger partial charge in [-0.15, -0.1) is 0 Å². The second kappa shape index (κ2) is 10.6. The first kappa shape index (κ1) is 24.3. The number of piperazine rings is 1. The second-order valence-corrected chi connectivity index (χ2v) is 9.76. The minimum Gasteiger partial charge on any atom is -0.465 e. The van der Waals surface area contributed by atoms with Crippen LogP contribution in [-0.4, -0.2) is 76.6 Å². The van der Waals surface area contributed by atoms with Gasteiger partial charge in [0.1, 0.15) is 0 Å². The van der Waals surface area contributed by atoms with E-state index >= 15 is 0 Å². The average molecular weight is 475 g/mol. The predicted octanol–water partition coefficient (Wildman–Crippen LogP) is 1.28. The van der Waals surface area contributed by atoms with Crippen LogP contribution in [0.1, 0.15) is 32.1 Å². The van der Waals surface area contributed by atoms with Crippen LogP contribution >= 0.6 is 0 Å².